The van der Waals surface area contributed by atoms with E-state index in [1.54, 1.807) is 19.1 Å². The third-order valence-corrected chi connectivity index (χ3v) is 7.34. The monoisotopic (exact) mass is 512 g/mol. The smallest absolute Gasteiger partial charge is 0.333 e. The van der Waals surface area contributed by atoms with Crippen molar-refractivity contribution in [1.29, 1.82) is 0 Å². The summed E-state index contributed by atoms with van der Waals surface area (Å²) in [6.07, 6.45) is 3.93. The van der Waals surface area contributed by atoms with Crippen LogP contribution in [0.3, 0.4) is 0 Å². The SMILES string of the molecule is CCOC(=O)C(c1ccccc1)N1C(=O)/C(=C/c2cn(Cc3ccccc3)c3ccccc23)SC1=S. The van der Waals surface area contributed by atoms with Crippen molar-refractivity contribution in [3.63, 3.8) is 0 Å². The van der Waals surface area contributed by atoms with Crippen molar-refractivity contribution in [3.8, 4) is 0 Å². The van der Waals surface area contributed by atoms with Crippen LogP contribution in [-0.4, -0.2) is 32.3 Å². The Morgan fingerprint density at radius 1 is 1.00 bits per heavy atom. The molecular formula is C29H24N2O3S2. The molecule has 36 heavy (non-hydrogen) atoms. The molecule has 1 amide bonds. The second-order valence-corrected chi connectivity index (χ2v) is 10.0. The molecule has 1 aliphatic rings. The first-order valence-electron chi connectivity index (χ1n) is 11.7. The number of aromatic nitrogens is 1. The molecule has 1 unspecified atom stereocenters. The van der Waals surface area contributed by atoms with Crippen LogP contribution in [0.4, 0.5) is 0 Å². The second-order valence-electron chi connectivity index (χ2n) is 8.33. The predicted molar refractivity (Wildman–Crippen MR) is 148 cm³/mol. The van der Waals surface area contributed by atoms with Gasteiger partial charge >= 0.3 is 5.97 Å². The van der Waals surface area contributed by atoms with Crippen LogP contribution in [0.15, 0.2) is 96.0 Å². The summed E-state index contributed by atoms with van der Waals surface area (Å²) in [5, 5.41) is 1.05. The zero-order valence-electron chi connectivity index (χ0n) is 19.7. The lowest BCUT2D eigenvalue weighted by Crippen LogP contribution is -2.38. The highest BCUT2D eigenvalue weighted by Crippen LogP contribution is 2.39. The first-order chi connectivity index (χ1) is 17.6. The van der Waals surface area contributed by atoms with Crippen molar-refractivity contribution < 1.29 is 14.3 Å². The number of carbonyl (C=O) groups excluding carboxylic acids is 2. The van der Waals surface area contributed by atoms with Gasteiger partial charge in [0.25, 0.3) is 5.91 Å². The summed E-state index contributed by atoms with van der Waals surface area (Å²) in [6.45, 7) is 2.68. The molecule has 7 heteroatoms. The Bertz CT molecular complexity index is 1460. The number of nitrogens with zero attached hydrogens (tertiary/aromatic N) is 2. The summed E-state index contributed by atoms with van der Waals surface area (Å²) >= 11 is 6.80. The van der Waals surface area contributed by atoms with Crippen molar-refractivity contribution in [2.24, 2.45) is 0 Å². The largest absolute Gasteiger partial charge is 0.464 e. The van der Waals surface area contributed by atoms with Gasteiger partial charge in [-0.1, -0.05) is 103 Å². The lowest BCUT2D eigenvalue weighted by molar-refractivity contribution is -0.151. The molecule has 0 aliphatic carbocycles. The maximum atomic E-state index is 13.6. The van der Waals surface area contributed by atoms with Crippen LogP contribution in [0.25, 0.3) is 17.0 Å². The standard InChI is InChI=1S/C29H24N2O3S2/c1-2-34-28(33)26(21-13-7-4-8-14-21)31-27(32)25(36-29(31)35)17-22-19-30(18-20-11-5-3-6-12-20)24-16-10-9-15-23(22)24/h3-17,19,26H,2,18H2,1H3/b25-17-. The number of carbonyl (C=O) groups is 2. The number of thiocarbonyl (C=S) groups is 1. The van der Waals surface area contributed by atoms with Crippen molar-refractivity contribution in [1.82, 2.24) is 9.47 Å². The van der Waals surface area contributed by atoms with Gasteiger partial charge < -0.3 is 9.30 Å². The second kappa shape index (κ2) is 10.5. The summed E-state index contributed by atoms with van der Waals surface area (Å²) in [5.74, 6) is -0.799. The van der Waals surface area contributed by atoms with Crippen LogP contribution < -0.4 is 0 Å². The Kier molecular flexibility index (Phi) is 7.02. The minimum Gasteiger partial charge on any atom is -0.464 e. The van der Waals surface area contributed by atoms with E-state index in [9.17, 15) is 9.59 Å². The van der Waals surface area contributed by atoms with Crippen LogP contribution >= 0.6 is 24.0 Å². The molecule has 1 saturated heterocycles. The normalized spacial score (nSPS) is 15.6. The van der Waals surface area contributed by atoms with Crippen molar-refractivity contribution >= 4 is 57.2 Å². The molecule has 1 aliphatic heterocycles. The average Bonchev–Trinajstić information content (AvgIpc) is 3.37. The Morgan fingerprint density at radius 2 is 1.67 bits per heavy atom. The van der Waals surface area contributed by atoms with Crippen LogP contribution in [0.1, 0.15) is 29.7 Å². The van der Waals surface area contributed by atoms with E-state index in [0.717, 1.165) is 23.0 Å². The fraction of sp³-hybridized carbons (Fsp3) is 0.138. The molecule has 0 N–H and O–H groups in total. The molecule has 0 saturated carbocycles. The van der Waals surface area contributed by atoms with E-state index in [-0.39, 0.29) is 12.5 Å². The van der Waals surface area contributed by atoms with Gasteiger partial charge in [-0.3, -0.25) is 9.69 Å². The fourth-order valence-corrected chi connectivity index (χ4v) is 5.70. The molecule has 0 radical (unpaired) electrons. The Balaban J connectivity index is 1.51. The van der Waals surface area contributed by atoms with Gasteiger partial charge in [-0.15, -0.1) is 0 Å². The van der Waals surface area contributed by atoms with Crippen LogP contribution in [0.2, 0.25) is 0 Å². The van der Waals surface area contributed by atoms with Gasteiger partial charge in [-0.05, 0) is 30.2 Å². The first kappa shape index (κ1) is 24.0. The predicted octanol–water partition coefficient (Wildman–Crippen LogP) is 6.20. The molecule has 1 atom stereocenters. The lowest BCUT2D eigenvalue weighted by Gasteiger charge is -2.25. The Labute approximate surface area is 219 Å². The molecule has 5 nitrogen and oxygen atoms in total. The van der Waals surface area contributed by atoms with Gasteiger partial charge in [0.1, 0.15) is 4.32 Å². The number of para-hydroxylation sites is 1. The van der Waals surface area contributed by atoms with Crippen molar-refractivity contribution in [3.05, 3.63) is 113 Å². The number of benzene rings is 3. The number of fused-ring (bicyclic) bond motifs is 1. The molecule has 1 aromatic heterocycles. The highest BCUT2D eigenvalue weighted by atomic mass is 32.2. The topological polar surface area (TPSA) is 51.5 Å². The minimum absolute atomic E-state index is 0.216. The number of thioether (sulfide) groups is 1. The van der Waals surface area contributed by atoms with Crippen molar-refractivity contribution in [2.45, 2.75) is 19.5 Å². The zero-order chi connectivity index (χ0) is 25.1. The fourth-order valence-electron chi connectivity index (χ4n) is 4.39. The minimum atomic E-state index is -0.927. The quantitative estimate of drug-likeness (QED) is 0.168. The number of esters is 1. The number of hydrogen-bond donors (Lipinski definition) is 0. The van der Waals surface area contributed by atoms with E-state index in [0.29, 0.717) is 14.8 Å². The average molecular weight is 513 g/mol. The molecule has 0 spiro atoms. The molecule has 0 bridgehead atoms. The third-order valence-electron chi connectivity index (χ3n) is 6.01. The van der Waals surface area contributed by atoms with Gasteiger partial charge in [-0.25, -0.2) is 4.79 Å². The molecule has 5 rings (SSSR count). The first-order valence-corrected chi connectivity index (χ1v) is 12.9. The van der Waals surface area contributed by atoms with Gasteiger partial charge in [-0.2, -0.15) is 0 Å². The Hall–Kier alpha value is -3.68. The molecule has 4 aromatic rings. The maximum absolute atomic E-state index is 13.6. The summed E-state index contributed by atoms with van der Waals surface area (Å²) in [4.78, 5) is 28.4. The summed E-state index contributed by atoms with van der Waals surface area (Å²) < 4.78 is 7.83. The highest BCUT2D eigenvalue weighted by Gasteiger charge is 2.42. The molecule has 3 aromatic carbocycles. The third kappa shape index (κ3) is 4.72. The van der Waals surface area contributed by atoms with E-state index in [1.807, 2.05) is 54.6 Å². The summed E-state index contributed by atoms with van der Waals surface area (Å²) in [5.41, 5.74) is 3.86. The van der Waals surface area contributed by atoms with E-state index in [4.69, 9.17) is 17.0 Å². The number of hydrogen-bond acceptors (Lipinski definition) is 5. The number of rotatable bonds is 7. The van der Waals surface area contributed by atoms with E-state index in [1.165, 1.54) is 22.2 Å². The van der Waals surface area contributed by atoms with E-state index < -0.39 is 12.0 Å². The van der Waals surface area contributed by atoms with Crippen LogP contribution in [0.5, 0.6) is 0 Å². The molecular weight excluding hydrogens is 488 g/mol. The summed E-state index contributed by atoms with van der Waals surface area (Å²) in [6, 6.07) is 26.6. The maximum Gasteiger partial charge on any atom is 0.333 e. The lowest BCUT2D eigenvalue weighted by atomic mass is 10.1. The number of amides is 1. The zero-order valence-corrected chi connectivity index (χ0v) is 21.3. The highest BCUT2D eigenvalue weighted by molar-refractivity contribution is 8.26. The van der Waals surface area contributed by atoms with Crippen LogP contribution in [0, 0.1) is 0 Å². The summed E-state index contributed by atoms with van der Waals surface area (Å²) in [7, 11) is 0. The van der Waals surface area contributed by atoms with Gasteiger partial charge in [0.2, 0.25) is 0 Å². The van der Waals surface area contributed by atoms with Crippen molar-refractivity contribution in [2.75, 3.05) is 6.61 Å². The van der Waals surface area contributed by atoms with E-state index in [2.05, 4.69) is 35.0 Å². The van der Waals surface area contributed by atoms with Crippen LogP contribution in [-0.2, 0) is 20.9 Å². The number of ether oxygens (including phenoxy) is 1. The van der Waals surface area contributed by atoms with E-state index >= 15 is 0 Å². The van der Waals surface area contributed by atoms with Gasteiger partial charge in [0.15, 0.2) is 6.04 Å². The Morgan fingerprint density at radius 3 is 2.39 bits per heavy atom. The van der Waals surface area contributed by atoms with Gasteiger partial charge in [0, 0.05) is 29.2 Å². The van der Waals surface area contributed by atoms with Gasteiger partial charge in [0.05, 0.1) is 11.5 Å². The molecule has 180 valence electrons. The molecule has 1 fully saturated rings. The molecule has 2 heterocycles.